The van der Waals surface area contributed by atoms with E-state index in [1.165, 1.54) is 5.30 Å². The van der Waals surface area contributed by atoms with E-state index in [2.05, 4.69) is 39.8 Å². The fourth-order valence-electron chi connectivity index (χ4n) is 2.01. The van der Waals surface area contributed by atoms with Gasteiger partial charge in [-0.05, 0) is 17.1 Å². The van der Waals surface area contributed by atoms with Gasteiger partial charge in [0.25, 0.3) is 0 Å². The van der Waals surface area contributed by atoms with E-state index in [1.807, 2.05) is 23.1 Å². The standard InChI is InChI=1S/C16H26NOP/c1-13(2)10-17(11-14(3)4)16(18)12-19-15-8-6-5-7-9-15/h5-9,13-14,19H,10-12H2,1-4H3. The Morgan fingerprint density at radius 1 is 1.05 bits per heavy atom. The highest BCUT2D eigenvalue weighted by Crippen LogP contribution is 2.13. The van der Waals surface area contributed by atoms with Gasteiger partial charge in [-0.25, -0.2) is 0 Å². The van der Waals surface area contributed by atoms with E-state index in [4.69, 9.17) is 0 Å². The van der Waals surface area contributed by atoms with Gasteiger partial charge in [-0.2, -0.15) is 0 Å². The first-order valence-corrected chi connectivity index (χ1v) is 8.26. The predicted octanol–water partition coefficient (Wildman–Crippen LogP) is 3.13. The van der Waals surface area contributed by atoms with Gasteiger partial charge >= 0.3 is 0 Å². The molecule has 19 heavy (non-hydrogen) atoms. The van der Waals surface area contributed by atoms with Crippen LogP contribution >= 0.6 is 8.58 Å². The number of hydrogen-bond acceptors (Lipinski definition) is 1. The lowest BCUT2D eigenvalue weighted by Crippen LogP contribution is -2.38. The van der Waals surface area contributed by atoms with Gasteiger partial charge in [-0.1, -0.05) is 66.6 Å². The summed E-state index contributed by atoms with van der Waals surface area (Å²) in [5.74, 6) is 1.36. The van der Waals surface area contributed by atoms with Crippen LogP contribution in [-0.4, -0.2) is 30.1 Å². The molecule has 0 saturated carbocycles. The fourth-order valence-corrected chi connectivity index (χ4v) is 3.01. The van der Waals surface area contributed by atoms with Crippen LogP contribution in [0, 0.1) is 11.8 Å². The average molecular weight is 279 g/mol. The van der Waals surface area contributed by atoms with E-state index < -0.39 is 0 Å². The van der Waals surface area contributed by atoms with E-state index in [0.717, 1.165) is 13.1 Å². The molecule has 0 radical (unpaired) electrons. The summed E-state index contributed by atoms with van der Waals surface area (Å²) in [6.07, 6.45) is 0.642. The minimum absolute atomic E-state index is 0.296. The fraction of sp³-hybridized carbons (Fsp3) is 0.562. The Balaban J connectivity index is 2.51. The molecule has 1 unspecified atom stereocenters. The SMILES string of the molecule is CC(C)CN(CC(C)C)C(=O)CPc1ccccc1. The molecule has 0 saturated heterocycles. The van der Waals surface area contributed by atoms with Gasteiger partial charge in [-0.15, -0.1) is 0 Å². The molecule has 1 atom stereocenters. The van der Waals surface area contributed by atoms with Crippen molar-refractivity contribution in [3.05, 3.63) is 30.3 Å². The van der Waals surface area contributed by atoms with Crippen LogP contribution in [0.5, 0.6) is 0 Å². The summed E-state index contributed by atoms with van der Waals surface area (Å²) in [5, 5.41) is 1.27. The Morgan fingerprint density at radius 3 is 2.05 bits per heavy atom. The monoisotopic (exact) mass is 279 g/mol. The second-order valence-corrected chi connectivity index (χ2v) is 7.09. The van der Waals surface area contributed by atoms with Gasteiger partial charge in [0.05, 0.1) is 0 Å². The van der Waals surface area contributed by atoms with Gasteiger partial charge in [0.15, 0.2) is 0 Å². The number of amides is 1. The largest absolute Gasteiger partial charge is 0.342 e. The van der Waals surface area contributed by atoms with Gasteiger partial charge in [0.1, 0.15) is 0 Å². The van der Waals surface area contributed by atoms with Crippen LogP contribution in [0.1, 0.15) is 27.7 Å². The molecule has 0 aliphatic rings. The van der Waals surface area contributed by atoms with Crippen molar-refractivity contribution in [3.63, 3.8) is 0 Å². The molecule has 1 rings (SSSR count). The van der Waals surface area contributed by atoms with Gasteiger partial charge in [-0.3, -0.25) is 4.79 Å². The molecule has 0 aromatic heterocycles. The summed E-state index contributed by atoms with van der Waals surface area (Å²) in [5.41, 5.74) is 0. The van der Waals surface area contributed by atoms with Crippen molar-refractivity contribution in [2.75, 3.05) is 19.3 Å². The van der Waals surface area contributed by atoms with Crippen molar-refractivity contribution in [1.29, 1.82) is 0 Å². The molecule has 0 fully saturated rings. The third kappa shape index (κ3) is 6.73. The van der Waals surface area contributed by atoms with Crippen LogP contribution in [0.4, 0.5) is 0 Å². The van der Waals surface area contributed by atoms with Crippen LogP contribution in [-0.2, 0) is 4.79 Å². The van der Waals surface area contributed by atoms with Gasteiger partial charge in [0, 0.05) is 19.3 Å². The molecule has 3 heteroatoms. The third-order valence-corrected chi connectivity index (χ3v) is 3.96. The van der Waals surface area contributed by atoms with Crippen LogP contribution in [0.3, 0.4) is 0 Å². The quantitative estimate of drug-likeness (QED) is 0.702. The Morgan fingerprint density at radius 2 is 1.58 bits per heavy atom. The maximum atomic E-state index is 12.3. The van der Waals surface area contributed by atoms with E-state index in [1.54, 1.807) is 0 Å². The first kappa shape index (κ1) is 16.2. The molecule has 1 aromatic rings. The first-order valence-electron chi connectivity index (χ1n) is 7.05. The molecule has 0 bridgehead atoms. The summed E-state index contributed by atoms with van der Waals surface area (Å²) in [6, 6.07) is 10.3. The number of carbonyl (C=O) groups is 1. The summed E-state index contributed by atoms with van der Waals surface area (Å²) in [6.45, 7) is 10.4. The smallest absolute Gasteiger partial charge is 0.226 e. The summed E-state index contributed by atoms with van der Waals surface area (Å²) >= 11 is 0. The lowest BCUT2D eigenvalue weighted by Gasteiger charge is -2.26. The molecule has 0 spiro atoms. The van der Waals surface area contributed by atoms with E-state index >= 15 is 0 Å². The minimum Gasteiger partial charge on any atom is -0.342 e. The van der Waals surface area contributed by atoms with E-state index in [9.17, 15) is 4.79 Å². The van der Waals surface area contributed by atoms with Crippen molar-refractivity contribution in [2.24, 2.45) is 11.8 Å². The zero-order valence-electron chi connectivity index (χ0n) is 12.5. The summed E-state index contributed by atoms with van der Waals surface area (Å²) < 4.78 is 0. The zero-order chi connectivity index (χ0) is 14.3. The van der Waals surface area contributed by atoms with Crippen molar-refractivity contribution >= 4 is 19.8 Å². The maximum Gasteiger partial charge on any atom is 0.226 e. The normalized spacial score (nSPS) is 11.7. The summed E-state index contributed by atoms with van der Waals surface area (Å²) in [7, 11) is 0.580. The van der Waals surface area contributed by atoms with Crippen LogP contribution in [0.25, 0.3) is 0 Å². The maximum absolute atomic E-state index is 12.3. The molecule has 2 nitrogen and oxygen atoms in total. The summed E-state index contributed by atoms with van der Waals surface area (Å²) in [4.78, 5) is 14.4. The van der Waals surface area contributed by atoms with Gasteiger partial charge in [0.2, 0.25) is 5.91 Å². The highest BCUT2D eigenvalue weighted by molar-refractivity contribution is 7.48. The highest BCUT2D eigenvalue weighted by Gasteiger charge is 2.15. The number of hydrogen-bond donors (Lipinski definition) is 0. The number of carbonyl (C=O) groups excluding carboxylic acids is 1. The van der Waals surface area contributed by atoms with Crippen molar-refractivity contribution in [3.8, 4) is 0 Å². The second-order valence-electron chi connectivity index (χ2n) is 5.81. The van der Waals surface area contributed by atoms with Gasteiger partial charge < -0.3 is 4.90 Å². The Hall–Kier alpha value is -0.880. The topological polar surface area (TPSA) is 20.3 Å². The molecule has 1 aromatic carbocycles. The Labute approximate surface area is 119 Å². The second kappa shape index (κ2) is 8.32. The molecule has 0 N–H and O–H groups in total. The molecular weight excluding hydrogens is 253 g/mol. The molecule has 0 aliphatic heterocycles. The average Bonchev–Trinajstić information content (AvgIpc) is 2.35. The zero-order valence-corrected chi connectivity index (χ0v) is 13.5. The Bertz CT molecular complexity index is 366. The molecular formula is C16H26NOP. The predicted molar refractivity (Wildman–Crippen MR) is 85.5 cm³/mol. The van der Waals surface area contributed by atoms with Crippen molar-refractivity contribution in [1.82, 2.24) is 4.90 Å². The van der Waals surface area contributed by atoms with Crippen LogP contribution in [0.15, 0.2) is 30.3 Å². The Kier molecular flexibility index (Phi) is 7.09. The number of rotatable bonds is 7. The number of benzene rings is 1. The molecule has 0 heterocycles. The lowest BCUT2D eigenvalue weighted by atomic mass is 10.1. The number of nitrogens with zero attached hydrogens (tertiary/aromatic N) is 1. The molecule has 106 valence electrons. The lowest BCUT2D eigenvalue weighted by molar-refractivity contribution is -0.129. The molecule has 1 amide bonds. The van der Waals surface area contributed by atoms with Crippen LogP contribution < -0.4 is 5.30 Å². The van der Waals surface area contributed by atoms with E-state index in [0.29, 0.717) is 32.5 Å². The minimum atomic E-state index is 0.296. The van der Waals surface area contributed by atoms with Crippen molar-refractivity contribution < 1.29 is 4.79 Å². The first-order chi connectivity index (χ1) is 8.99. The third-order valence-electron chi connectivity index (χ3n) is 2.74. The van der Waals surface area contributed by atoms with Crippen LogP contribution in [0.2, 0.25) is 0 Å². The molecule has 0 aliphatic carbocycles. The van der Waals surface area contributed by atoms with E-state index in [-0.39, 0.29) is 0 Å². The highest BCUT2D eigenvalue weighted by atomic mass is 31.1. The van der Waals surface area contributed by atoms with Crippen molar-refractivity contribution in [2.45, 2.75) is 27.7 Å².